The van der Waals surface area contributed by atoms with Gasteiger partial charge in [0, 0.05) is 25.9 Å². The van der Waals surface area contributed by atoms with E-state index in [9.17, 15) is 4.79 Å². The molecule has 1 aromatic carbocycles. The zero-order valence-electron chi connectivity index (χ0n) is 18.3. The van der Waals surface area contributed by atoms with Gasteiger partial charge in [0.1, 0.15) is 11.4 Å². The van der Waals surface area contributed by atoms with Gasteiger partial charge >= 0.3 is 0 Å². The first-order chi connectivity index (χ1) is 14.1. The molecule has 2 aliphatic rings. The van der Waals surface area contributed by atoms with Crippen LogP contribution in [-0.4, -0.2) is 49.8 Å². The Morgan fingerprint density at radius 3 is 2.52 bits per heavy atom. The quantitative estimate of drug-likeness (QED) is 0.498. The van der Waals surface area contributed by atoms with Crippen LogP contribution in [-0.2, 0) is 9.53 Å². The second-order valence-electron chi connectivity index (χ2n) is 8.84. The van der Waals surface area contributed by atoms with E-state index in [2.05, 4.69) is 17.1 Å². The molecule has 1 aromatic rings. The number of carbonyl (C=O) groups is 1. The number of carbonyl (C=O) groups excluding carboxylic acids is 1. The van der Waals surface area contributed by atoms with Crippen molar-refractivity contribution in [2.75, 3.05) is 38.7 Å². The maximum absolute atomic E-state index is 12.9. The highest BCUT2D eigenvalue weighted by Crippen LogP contribution is 2.31. The summed E-state index contributed by atoms with van der Waals surface area (Å²) >= 11 is 0. The lowest BCUT2D eigenvalue weighted by Gasteiger charge is -2.30. The summed E-state index contributed by atoms with van der Waals surface area (Å²) in [5.74, 6) is 1.65. The summed E-state index contributed by atoms with van der Waals surface area (Å²) in [6.07, 6.45) is 9.78. The van der Waals surface area contributed by atoms with Gasteiger partial charge in [0.2, 0.25) is 0 Å². The number of hydrogen-bond donors (Lipinski definition) is 1. The Hall–Kier alpha value is -1.59. The number of rotatable bonds is 8. The Kier molecular flexibility index (Phi) is 8.37. The first-order valence-corrected chi connectivity index (χ1v) is 11.4. The van der Waals surface area contributed by atoms with E-state index >= 15 is 0 Å². The van der Waals surface area contributed by atoms with Gasteiger partial charge in [-0.3, -0.25) is 4.79 Å². The van der Waals surface area contributed by atoms with Crippen LogP contribution in [0.4, 0.5) is 5.69 Å². The molecule has 29 heavy (non-hydrogen) atoms. The van der Waals surface area contributed by atoms with E-state index in [1.54, 1.807) is 7.11 Å². The zero-order valence-corrected chi connectivity index (χ0v) is 18.3. The van der Waals surface area contributed by atoms with Crippen LogP contribution in [0, 0.1) is 5.92 Å². The first-order valence-electron chi connectivity index (χ1n) is 11.4. The van der Waals surface area contributed by atoms with Gasteiger partial charge in [0.25, 0.3) is 5.91 Å². The molecule has 1 N–H and O–H groups in total. The van der Waals surface area contributed by atoms with Crippen molar-refractivity contribution in [2.24, 2.45) is 5.92 Å². The van der Waals surface area contributed by atoms with Crippen LogP contribution in [0.25, 0.3) is 0 Å². The fourth-order valence-corrected chi connectivity index (χ4v) is 4.67. The number of piperidine rings is 1. The molecule has 2 fully saturated rings. The Morgan fingerprint density at radius 2 is 1.86 bits per heavy atom. The fourth-order valence-electron chi connectivity index (χ4n) is 4.67. The molecule has 162 valence electrons. The maximum atomic E-state index is 12.9. The highest BCUT2D eigenvalue weighted by atomic mass is 16.5. The molecule has 0 aromatic heterocycles. The molecule has 1 aliphatic carbocycles. The molecule has 1 heterocycles. The highest BCUT2D eigenvalue weighted by molar-refractivity contribution is 5.97. The molecule has 0 bridgehead atoms. The average Bonchev–Trinajstić information content (AvgIpc) is 2.99. The minimum absolute atomic E-state index is 0.0219. The van der Waals surface area contributed by atoms with Crippen LogP contribution in [0.5, 0.6) is 5.75 Å². The number of anilines is 1. The van der Waals surface area contributed by atoms with Gasteiger partial charge < -0.3 is 19.7 Å². The fraction of sp³-hybridized carbons (Fsp3) is 0.708. The molecule has 1 saturated carbocycles. The van der Waals surface area contributed by atoms with E-state index < -0.39 is 5.60 Å². The topological polar surface area (TPSA) is 50.8 Å². The summed E-state index contributed by atoms with van der Waals surface area (Å²) in [5, 5.41) is 3.05. The van der Waals surface area contributed by atoms with Gasteiger partial charge in [0.05, 0.1) is 6.61 Å². The van der Waals surface area contributed by atoms with Gasteiger partial charge in [0.15, 0.2) is 0 Å². The van der Waals surface area contributed by atoms with Gasteiger partial charge in [-0.25, -0.2) is 0 Å². The standard InChI is InChI=1S/C24H38N2O3/c1-20-9-7-16-26(19-20)17-8-18-29-22-12-10-21(11-13-22)25-23(27)24(28-2)14-5-3-4-6-15-24/h10-13,20H,3-9,14-19H2,1-2H3,(H,25,27)/t20-/m0/s1. The van der Waals surface area contributed by atoms with Crippen molar-refractivity contribution < 1.29 is 14.3 Å². The largest absolute Gasteiger partial charge is 0.494 e. The lowest BCUT2D eigenvalue weighted by Crippen LogP contribution is -2.44. The van der Waals surface area contributed by atoms with Crippen molar-refractivity contribution in [2.45, 2.75) is 70.3 Å². The summed E-state index contributed by atoms with van der Waals surface area (Å²) in [7, 11) is 1.66. The molecular weight excluding hydrogens is 364 g/mol. The molecule has 0 spiro atoms. The molecule has 1 amide bonds. The molecule has 5 nitrogen and oxygen atoms in total. The van der Waals surface area contributed by atoms with Gasteiger partial charge in [-0.05, 0) is 68.8 Å². The van der Waals surface area contributed by atoms with E-state index in [1.807, 2.05) is 24.3 Å². The molecule has 1 aliphatic heterocycles. The summed E-state index contributed by atoms with van der Waals surface area (Å²) in [6.45, 7) is 6.62. The van der Waals surface area contributed by atoms with Crippen molar-refractivity contribution >= 4 is 11.6 Å². The number of ether oxygens (including phenoxy) is 2. The second kappa shape index (κ2) is 11.0. The van der Waals surface area contributed by atoms with Gasteiger partial charge in [-0.15, -0.1) is 0 Å². The smallest absolute Gasteiger partial charge is 0.256 e. The van der Waals surface area contributed by atoms with Crippen LogP contribution in [0.1, 0.15) is 64.7 Å². The van der Waals surface area contributed by atoms with Gasteiger partial charge in [-0.2, -0.15) is 0 Å². The van der Waals surface area contributed by atoms with E-state index in [4.69, 9.17) is 9.47 Å². The van der Waals surface area contributed by atoms with Crippen molar-refractivity contribution in [1.82, 2.24) is 4.90 Å². The lowest BCUT2D eigenvalue weighted by atomic mass is 9.93. The minimum atomic E-state index is -0.683. The molecule has 3 rings (SSSR count). The number of hydrogen-bond acceptors (Lipinski definition) is 4. The average molecular weight is 403 g/mol. The van der Waals surface area contributed by atoms with Crippen molar-refractivity contribution in [1.29, 1.82) is 0 Å². The molecule has 5 heteroatoms. The van der Waals surface area contributed by atoms with E-state index in [0.717, 1.165) is 62.6 Å². The highest BCUT2D eigenvalue weighted by Gasteiger charge is 2.38. The van der Waals surface area contributed by atoms with Crippen LogP contribution < -0.4 is 10.1 Å². The number of amides is 1. The third-order valence-electron chi connectivity index (χ3n) is 6.46. The molecule has 0 radical (unpaired) electrons. The number of likely N-dealkylation sites (tertiary alicyclic amines) is 1. The molecule has 1 atom stereocenters. The minimum Gasteiger partial charge on any atom is -0.494 e. The monoisotopic (exact) mass is 402 g/mol. The Labute approximate surface area is 176 Å². The maximum Gasteiger partial charge on any atom is 0.256 e. The van der Waals surface area contributed by atoms with E-state index in [1.165, 1.54) is 38.8 Å². The van der Waals surface area contributed by atoms with Crippen LogP contribution >= 0.6 is 0 Å². The van der Waals surface area contributed by atoms with Crippen LogP contribution in [0.2, 0.25) is 0 Å². The van der Waals surface area contributed by atoms with Crippen LogP contribution in [0.15, 0.2) is 24.3 Å². The van der Waals surface area contributed by atoms with E-state index in [-0.39, 0.29) is 5.91 Å². The first kappa shape index (κ1) is 22.1. The molecular formula is C24H38N2O3. The Morgan fingerprint density at radius 1 is 1.14 bits per heavy atom. The van der Waals surface area contributed by atoms with Crippen LogP contribution in [0.3, 0.4) is 0 Å². The number of nitrogens with zero attached hydrogens (tertiary/aromatic N) is 1. The predicted octanol–water partition coefficient (Wildman–Crippen LogP) is 4.87. The summed E-state index contributed by atoms with van der Waals surface area (Å²) in [5.41, 5.74) is 0.114. The number of methoxy groups -OCH3 is 1. The summed E-state index contributed by atoms with van der Waals surface area (Å²) in [6, 6.07) is 7.70. The van der Waals surface area contributed by atoms with Crippen molar-refractivity contribution in [3.8, 4) is 5.75 Å². The SMILES string of the molecule is COC1(C(=O)Nc2ccc(OCCCN3CCC[C@H](C)C3)cc2)CCCCCC1. The third-order valence-corrected chi connectivity index (χ3v) is 6.46. The number of benzene rings is 1. The molecule has 0 unspecified atom stereocenters. The van der Waals surface area contributed by atoms with Crippen molar-refractivity contribution in [3.05, 3.63) is 24.3 Å². The number of nitrogens with one attached hydrogen (secondary N) is 1. The van der Waals surface area contributed by atoms with Crippen molar-refractivity contribution in [3.63, 3.8) is 0 Å². The predicted molar refractivity (Wildman–Crippen MR) is 117 cm³/mol. The Balaban J connectivity index is 1.42. The lowest BCUT2D eigenvalue weighted by molar-refractivity contribution is -0.139. The Bertz CT molecular complexity index is 624. The zero-order chi connectivity index (χ0) is 20.5. The molecule has 1 saturated heterocycles. The summed E-state index contributed by atoms with van der Waals surface area (Å²) in [4.78, 5) is 15.4. The normalized spacial score (nSPS) is 22.6. The van der Waals surface area contributed by atoms with E-state index in [0.29, 0.717) is 0 Å². The third kappa shape index (κ3) is 6.45. The second-order valence-corrected chi connectivity index (χ2v) is 8.84. The summed E-state index contributed by atoms with van der Waals surface area (Å²) < 4.78 is 11.6. The van der Waals surface area contributed by atoms with Gasteiger partial charge in [-0.1, -0.05) is 32.6 Å².